The molecule has 33 heavy (non-hydrogen) atoms. The summed E-state index contributed by atoms with van der Waals surface area (Å²) < 4.78 is 1.41. The van der Waals surface area contributed by atoms with Crippen molar-refractivity contribution >= 4 is 17.5 Å². The van der Waals surface area contributed by atoms with E-state index in [0.717, 1.165) is 16.7 Å². The molecule has 0 radical (unpaired) electrons. The lowest BCUT2D eigenvalue weighted by molar-refractivity contribution is -0.121. The second kappa shape index (κ2) is 10.7. The Morgan fingerprint density at radius 1 is 0.848 bits per heavy atom. The Morgan fingerprint density at radius 2 is 1.45 bits per heavy atom. The van der Waals surface area contributed by atoms with Crippen LogP contribution in [-0.4, -0.2) is 15.7 Å². The molecule has 0 saturated heterocycles. The summed E-state index contributed by atoms with van der Waals surface area (Å²) in [6.45, 7) is 0.356. The van der Waals surface area contributed by atoms with Crippen LogP contribution in [0.25, 0.3) is 11.3 Å². The van der Waals surface area contributed by atoms with Crippen LogP contribution in [0.4, 0.5) is 0 Å². The zero-order valence-electron chi connectivity index (χ0n) is 18.0. The Labute approximate surface area is 197 Å². The third kappa shape index (κ3) is 5.96. The van der Waals surface area contributed by atoms with Gasteiger partial charge in [-0.2, -0.15) is 5.10 Å². The molecule has 1 N–H and O–H groups in total. The van der Waals surface area contributed by atoms with Crippen molar-refractivity contribution in [2.45, 2.75) is 25.4 Å². The highest BCUT2D eigenvalue weighted by Gasteiger charge is 2.16. The van der Waals surface area contributed by atoms with Gasteiger partial charge in [-0.05, 0) is 35.7 Å². The monoisotopic (exact) mass is 457 g/mol. The van der Waals surface area contributed by atoms with Gasteiger partial charge in [0.15, 0.2) is 0 Å². The Bertz CT molecular complexity index is 1220. The van der Waals surface area contributed by atoms with E-state index in [9.17, 15) is 9.59 Å². The van der Waals surface area contributed by atoms with E-state index < -0.39 is 0 Å². The summed E-state index contributed by atoms with van der Waals surface area (Å²) in [7, 11) is 0. The fourth-order valence-electron chi connectivity index (χ4n) is 3.66. The first kappa shape index (κ1) is 22.5. The minimum atomic E-state index is -0.228. The van der Waals surface area contributed by atoms with Crippen LogP contribution < -0.4 is 10.9 Å². The first-order valence-corrected chi connectivity index (χ1v) is 11.2. The Kier molecular flexibility index (Phi) is 7.33. The number of nitrogens with zero attached hydrogens (tertiary/aromatic N) is 2. The number of nitrogens with one attached hydrogen (secondary N) is 1. The SMILES string of the molecule is O=C(CCCn1nc(-c2ccc(Cl)cc2)ccc1=O)NC(c1ccccc1)c1ccccc1. The maximum atomic E-state index is 12.8. The van der Waals surface area contributed by atoms with Gasteiger partial charge in [-0.15, -0.1) is 0 Å². The fourth-order valence-corrected chi connectivity index (χ4v) is 3.78. The molecule has 4 aromatic rings. The fraction of sp³-hybridized carbons (Fsp3) is 0.148. The number of halogens is 1. The van der Waals surface area contributed by atoms with E-state index in [4.69, 9.17) is 11.6 Å². The molecule has 166 valence electrons. The van der Waals surface area contributed by atoms with Gasteiger partial charge in [0.1, 0.15) is 0 Å². The zero-order chi connectivity index (χ0) is 23.0. The highest BCUT2D eigenvalue weighted by atomic mass is 35.5. The predicted molar refractivity (Wildman–Crippen MR) is 131 cm³/mol. The first-order chi connectivity index (χ1) is 16.1. The van der Waals surface area contributed by atoms with Crippen molar-refractivity contribution in [3.05, 3.63) is 124 Å². The van der Waals surface area contributed by atoms with Crippen LogP contribution in [0.1, 0.15) is 30.0 Å². The van der Waals surface area contributed by atoms with Gasteiger partial charge >= 0.3 is 0 Å². The number of hydrogen-bond acceptors (Lipinski definition) is 3. The summed E-state index contributed by atoms with van der Waals surface area (Å²) in [5.74, 6) is -0.0744. The highest BCUT2D eigenvalue weighted by Crippen LogP contribution is 2.22. The van der Waals surface area contributed by atoms with Gasteiger partial charge in [-0.3, -0.25) is 9.59 Å². The number of carbonyl (C=O) groups excluding carboxylic acids is 1. The van der Waals surface area contributed by atoms with Crippen LogP contribution in [0.5, 0.6) is 0 Å². The maximum Gasteiger partial charge on any atom is 0.266 e. The second-order valence-electron chi connectivity index (χ2n) is 7.71. The Morgan fingerprint density at radius 3 is 2.06 bits per heavy atom. The molecule has 4 rings (SSSR count). The maximum absolute atomic E-state index is 12.8. The number of aromatic nitrogens is 2. The number of benzene rings is 3. The van der Waals surface area contributed by atoms with Crippen LogP contribution in [0.15, 0.2) is 102 Å². The third-order valence-corrected chi connectivity index (χ3v) is 5.60. The Hall–Kier alpha value is -3.70. The molecule has 0 spiro atoms. The topological polar surface area (TPSA) is 64.0 Å². The molecular formula is C27H24ClN3O2. The minimum Gasteiger partial charge on any atom is -0.345 e. The molecule has 1 aromatic heterocycles. The molecule has 0 aliphatic heterocycles. The molecule has 0 bridgehead atoms. The second-order valence-corrected chi connectivity index (χ2v) is 8.15. The van der Waals surface area contributed by atoms with Crippen molar-refractivity contribution in [2.24, 2.45) is 0 Å². The van der Waals surface area contributed by atoms with Gasteiger partial charge in [0.25, 0.3) is 5.56 Å². The van der Waals surface area contributed by atoms with Gasteiger partial charge in [0.05, 0.1) is 11.7 Å². The van der Waals surface area contributed by atoms with Crippen LogP contribution in [0.3, 0.4) is 0 Å². The van der Waals surface area contributed by atoms with Crippen LogP contribution in [-0.2, 0) is 11.3 Å². The highest BCUT2D eigenvalue weighted by molar-refractivity contribution is 6.30. The van der Waals surface area contributed by atoms with Crippen molar-refractivity contribution in [1.82, 2.24) is 15.1 Å². The van der Waals surface area contributed by atoms with E-state index in [0.29, 0.717) is 23.7 Å². The van der Waals surface area contributed by atoms with Gasteiger partial charge in [-0.25, -0.2) is 4.68 Å². The smallest absolute Gasteiger partial charge is 0.266 e. The van der Waals surface area contributed by atoms with E-state index in [1.807, 2.05) is 72.8 Å². The van der Waals surface area contributed by atoms with E-state index in [-0.39, 0.29) is 23.9 Å². The summed E-state index contributed by atoms with van der Waals surface area (Å²) in [5, 5.41) is 8.23. The van der Waals surface area contributed by atoms with Gasteiger partial charge in [-0.1, -0.05) is 84.4 Å². The molecule has 0 fully saturated rings. The van der Waals surface area contributed by atoms with Crippen molar-refractivity contribution < 1.29 is 4.79 Å². The van der Waals surface area contributed by atoms with Crippen molar-refractivity contribution in [2.75, 3.05) is 0 Å². The normalized spacial score (nSPS) is 10.8. The predicted octanol–water partition coefficient (Wildman–Crippen LogP) is 5.25. The Balaban J connectivity index is 1.41. The van der Waals surface area contributed by atoms with E-state index in [2.05, 4.69) is 10.4 Å². The lowest BCUT2D eigenvalue weighted by Gasteiger charge is -2.20. The number of amides is 1. The van der Waals surface area contributed by atoms with Crippen molar-refractivity contribution in [3.8, 4) is 11.3 Å². The molecule has 0 saturated carbocycles. The first-order valence-electron chi connectivity index (χ1n) is 10.8. The molecule has 0 aliphatic rings. The molecule has 6 heteroatoms. The number of hydrogen-bond donors (Lipinski definition) is 1. The van der Waals surface area contributed by atoms with Crippen molar-refractivity contribution in [1.29, 1.82) is 0 Å². The molecule has 3 aromatic carbocycles. The quantitative estimate of drug-likeness (QED) is 0.393. The standard InChI is InChI=1S/C27H24ClN3O2/c28-23-15-13-20(14-16-23)24-17-18-26(33)31(30-24)19-7-12-25(32)29-27(21-8-3-1-4-9-21)22-10-5-2-6-11-22/h1-6,8-11,13-18,27H,7,12,19H2,(H,29,32). The average molecular weight is 458 g/mol. The third-order valence-electron chi connectivity index (χ3n) is 5.35. The summed E-state index contributed by atoms with van der Waals surface area (Å²) in [6, 6.07) is 30.0. The molecule has 1 amide bonds. The van der Waals surface area contributed by atoms with E-state index in [1.165, 1.54) is 10.7 Å². The minimum absolute atomic E-state index is 0.0744. The molecule has 0 atom stereocenters. The molecule has 1 heterocycles. The van der Waals surface area contributed by atoms with Gasteiger partial charge in [0, 0.05) is 29.6 Å². The average Bonchev–Trinajstić information content (AvgIpc) is 2.85. The summed E-state index contributed by atoms with van der Waals surface area (Å²) in [6.07, 6.45) is 0.786. The van der Waals surface area contributed by atoms with E-state index in [1.54, 1.807) is 18.2 Å². The molecule has 5 nitrogen and oxygen atoms in total. The molecular weight excluding hydrogens is 434 g/mol. The number of carbonyl (C=O) groups is 1. The molecule has 0 unspecified atom stereocenters. The van der Waals surface area contributed by atoms with E-state index >= 15 is 0 Å². The zero-order valence-corrected chi connectivity index (χ0v) is 18.8. The van der Waals surface area contributed by atoms with Gasteiger partial charge < -0.3 is 5.32 Å². The lowest BCUT2D eigenvalue weighted by atomic mass is 9.98. The summed E-state index contributed by atoms with van der Waals surface area (Å²) >= 11 is 5.95. The van der Waals surface area contributed by atoms with Gasteiger partial charge in [0.2, 0.25) is 5.91 Å². The van der Waals surface area contributed by atoms with Crippen molar-refractivity contribution in [3.63, 3.8) is 0 Å². The number of aryl methyl sites for hydroxylation is 1. The van der Waals surface area contributed by atoms with Crippen LogP contribution >= 0.6 is 11.6 Å². The largest absolute Gasteiger partial charge is 0.345 e. The summed E-state index contributed by atoms with van der Waals surface area (Å²) in [4.78, 5) is 25.0. The number of rotatable bonds is 8. The molecule has 0 aliphatic carbocycles. The summed E-state index contributed by atoms with van der Waals surface area (Å²) in [5.41, 5.74) is 3.40. The lowest BCUT2D eigenvalue weighted by Crippen LogP contribution is -2.30. The van der Waals surface area contributed by atoms with Crippen LogP contribution in [0, 0.1) is 0 Å². The van der Waals surface area contributed by atoms with Crippen LogP contribution in [0.2, 0.25) is 5.02 Å².